The van der Waals surface area contributed by atoms with E-state index in [0.29, 0.717) is 17.7 Å². The summed E-state index contributed by atoms with van der Waals surface area (Å²) in [5, 5.41) is 12.9. The summed E-state index contributed by atoms with van der Waals surface area (Å²) in [6, 6.07) is 8.79. The van der Waals surface area contributed by atoms with Gasteiger partial charge in [0.1, 0.15) is 17.7 Å². The molecule has 1 unspecified atom stereocenters. The zero-order chi connectivity index (χ0) is 22.5. The van der Waals surface area contributed by atoms with Crippen LogP contribution in [0, 0.1) is 25.2 Å². The van der Waals surface area contributed by atoms with Gasteiger partial charge >= 0.3 is 5.97 Å². The standard InChI is InChI=1S/C23H24N4O4/c1-13-16(14(2)26-22(29)18(13)11-24)8-9-21(28)27-20(23(30)31-3)10-15-12-25-19-7-5-4-6-17(15)19/h4-7,12,20,25H,8-10H2,1-3H3,(H,26,29)(H,27,28). The van der Waals surface area contributed by atoms with Crippen LogP contribution in [0.15, 0.2) is 35.3 Å². The third-order valence-corrected chi connectivity index (χ3v) is 5.44. The summed E-state index contributed by atoms with van der Waals surface area (Å²) in [6.45, 7) is 3.43. The Kier molecular flexibility index (Phi) is 6.55. The maximum absolute atomic E-state index is 12.6. The summed E-state index contributed by atoms with van der Waals surface area (Å²) < 4.78 is 4.88. The minimum absolute atomic E-state index is 0.0489. The van der Waals surface area contributed by atoms with Crippen molar-refractivity contribution in [1.82, 2.24) is 15.3 Å². The second kappa shape index (κ2) is 9.30. The number of aromatic nitrogens is 2. The number of aryl methyl sites for hydroxylation is 1. The van der Waals surface area contributed by atoms with Crippen LogP contribution in [0.25, 0.3) is 10.9 Å². The molecular weight excluding hydrogens is 396 g/mol. The Labute approximate surface area is 179 Å². The normalized spacial score (nSPS) is 11.7. The van der Waals surface area contributed by atoms with Gasteiger partial charge in [-0.25, -0.2) is 4.79 Å². The first-order valence-corrected chi connectivity index (χ1v) is 9.90. The van der Waals surface area contributed by atoms with E-state index in [-0.39, 0.29) is 24.3 Å². The molecule has 0 aliphatic heterocycles. The van der Waals surface area contributed by atoms with Gasteiger partial charge in [0.15, 0.2) is 0 Å². The fraction of sp³-hybridized carbons (Fsp3) is 0.304. The van der Waals surface area contributed by atoms with Gasteiger partial charge in [0.25, 0.3) is 5.56 Å². The lowest BCUT2D eigenvalue weighted by molar-refractivity contribution is -0.145. The number of hydrogen-bond acceptors (Lipinski definition) is 5. The number of carbonyl (C=O) groups is 2. The molecule has 1 amide bonds. The average Bonchev–Trinajstić information content (AvgIpc) is 3.15. The van der Waals surface area contributed by atoms with E-state index < -0.39 is 17.6 Å². The topological polar surface area (TPSA) is 128 Å². The number of rotatable bonds is 7. The number of benzene rings is 1. The number of nitriles is 1. The lowest BCUT2D eigenvalue weighted by Gasteiger charge is -2.17. The zero-order valence-corrected chi connectivity index (χ0v) is 17.7. The Balaban J connectivity index is 1.73. The third kappa shape index (κ3) is 4.67. The number of amides is 1. The van der Waals surface area contributed by atoms with Crippen LogP contribution in [0.3, 0.4) is 0 Å². The monoisotopic (exact) mass is 420 g/mol. The van der Waals surface area contributed by atoms with Gasteiger partial charge in [-0.3, -0.25) is 9.59 Å². The number of methoxy groups -OCH3 is 1. The molecule has 160 valence electrons. The Hall–Kier alpha value is -3.86. The molecule has 31 heavy (non-hydrogen) atoms. The highest BCUT2D eigenvalue weighted by Gasteiger charge is 2.23. The number of fused-ring (bicyclic) bond motifs is 1. The SMILES string of the molecule is COC(=O)C(Cc1c[nH]c2ccccc12)NC(=O)CCc1c(C)[nH]c(=O)c(C#N)c1C. The first kappa shape index (κ1) is 21.8. The van der Waals surface area contributed by atoms with Gasteiger partial charge in [-0.1, -0.05) is 18.2 Å². The number of aromatic amines is 2. The van der Waals surface area contributed by atoms with Gasteiger partial charge < -0.3 is 20.0 Å². The van der Waals surface area contributed by atoms with Crippen molar-refractivity contribution in [2.45, 2.75) is 39.2 Å². The van der Waals surface area contributed by atoms with E-state index in [1.54, 1.807) is 13.8 Å². The van der Waals surface area contributed by atoms with Gasteiger partial charge in [0.05, 0.1) is 7.11 Å². The Morgan fingerprint density at radius 1 is 1.26 bits per heavy atom. The number of carbonyl (C=O) groups excluding carboxylic acids is 2. The molecule has 0 aliphatic carbocycles. The van der Waals surface area contributed by atoms with Crippen LogP contribution in [0.5, 0.6) is 0 Å². The number of ether oxygens (including phenoxy) is 1. The molecule has 0 spiro atoms. The molecule has 8 nitrogen and oxygen atoms in total. The van der Waals surface area contributed by atoms with E-state index in [2.05, 4.69) is 15.3 Å². The van der Waals surface area contributed by atoms with Crippen LogP contribution in [0.2, 0.25) is 0 Å². The molecular formula is C23H24N4O4. The van der Waals surface area contributed by atoms with Crippen molar-refractivity contribution in [1.29, 1.82) is 5.26 Å². The van der Waals surface area contributed by atoms with E-state index in [1.807, 2.05) is 36.5 Å². The minimum Gasteiger partial charge on any atom is -0.467 e. The number of pyridine rings is 1. The van der Waals surface area contributed by atoms with Crippen LogP contribution in [0.4, 0.5) is 0 Å². The molecule has 0 fully saturated rings. The first-order chi connectivity index (χ1) is 14.8. The van der Waals surface area contributed by atoms with Crippen molar-refractivity contribution in [3.63, 3.8) is 0 Å². The molecule has 0 radical (unpaired) electrons. The van der Waals surface area contributed by atoms with E-state index in [4.69, 9.17) is 4.74 Å². The van der Waals surface area contributed by atoms with Gasteiger partial charge in [-0.2, -0.15) is 5.26 Å². The van der Waals surface area contributed by atoms with Gasteiger partial charge in [-0.15, -0.1) is 0 Å². The molecule has 1 aromatic carbocycles. The lowest BCUT2D eigenvalue weighted by Crippen LogP contribution is -2.43. The van der Waals surface area contributed by atoms with Crippen LogP contribution in [-0.2, 0) is 27.2 Å². The third-order valence-electron chi connectivity index (χ3n) is 5.44. The molecule has 8 heteroatoms. The molecule has 2 heterocycles. The van der Waals surface area contributed by atoms with E-state index >= 15 is 0 Å². The summed E-state index contributed by atoms with van der Waals surface area (Å²) in [5.41, 5.74) is 3.40. The van der Waals surface area contributed by atoms with Crippen LogP contribution < -0.4 is 10.9 Å². The van der Waals surface area contributed by atoms with Crippen molar-refractivity contribution >= 4 is 22.8 Å². The number of esters is 1. The van der Waals surface area contributed by atoms with Crippen molar-refractivity contribution in [3.8, 4) is 6.07 Å². The average molecular weight is 420 g/mol. The highest BCUT2D eigenvalue weighted by atomic mass is 16.5. The maximum Gasteiger partial charge on any atom is 0.328 e. The smallest absolute Gasteiger partial charge is 0.328 e. The molecule has 0 aliphatic rings. The molecule has 0 saturated heterocycles. The molecule has 3 rings (SSSR count). The predicted octanol–water partition coefficient (Wildman–Crippen LogP) is 2.18. The molecule has 0 bridgehead atoms. The van der Waals surface area contributed by atoms with Crippen molar-refractivity contribution in [3.05, 3.63) is 68.8 Å². The largest absolute Gasteiger partial charge is 0.467 e. The second-order valence-corrected chi connectivity index (χ2v) is 7.38. The fourth-order valence-electron chi connectivity index (χ4n) is 3.78. The highest BCUT2D eigenvalue weighted by Crippen LogP contribution is 2.20. The van der Waals surface area contributed by atoms with E-state index in [1.165, 1.54) is 7.11 Å². The first-order valence-electron chi connectivity index (χ1n) is 9.90. The summed E-state index contributed by atoms with van der Waals surface area (Å²) in [4.78, 5) is 42.6. The summed E-state index contributed by atoms with van der Waals surface area (Å²) in [7, 11) is 1.28. The summed E-state index contributed by atoms with van der Waals surface area (Å²) in [5.74, 6) is -0.847. The second-order valence-electron chi connectivity index (χ2n) is 7.38. The number of hydrogen-bond donors (Lipinski definition) is 3. The van der Waals surface area contributed by atoms with Gasteiger partial charge in [0, 0.05) is 35.6 Å². The van der Waals surface area contributed by atoms with Crippen LogP contribution >= 0.6 is 0 Å². The van der Waals surface area contributed by atoms with Gasteiger partial charge in [0.2, 0.25) is 5.91 Å². The van der Waals surface area contributed by atoms with Crippen molar-refractivity contribution in [2.24, 2.45) is 0 Å². The Bertz CT molecular complexity index is 1230. The zero-order valence-electron chi connectivity index (χ0n) is 17.7. The molecule has 3 aromatic rings. The van der Waals surface area contributed by atoms with E-state index in [9.17, 15) is 19.6 Å². The quantitative estimate of drug-likeness (QED) is 0.505. The van der Waals surface area contributed by atoms with Crippen LogP contribution in [-0.4, -0.2) is 35.0 Å². The maximum atomic E-state index is 12.6. The van der Waals surface area contributed by atoms with Crippen LogP contribution in [0.1, 0.15) is 34.4 Å². The highest BCUT2D eigenvalue weighted by molar-refractivity contribution is 5.87. The Morgan fingerprint density at radius 3 is 2.71 bits per heavy atom. The fourth-order valence-corrected chi connectivity index (χ4v) is 3.78. The van der Waals surface area contributed by atoms with Crippen molar-refractivity contribution in [2.75, 3.05) is 7.11 Å². The predicted molar refractivity (Wildman–Crippen MR) is 116 cm³/mol. The lowest BCUT2D eigenvalue weighted by atomic mass is 9.98. The number of para-hydroxylation sites is 1. The van der Waals surface area contributed by atoms with Crippen molar-refractivity contribution < 1.29 is 14.3 Å². The molecule has 0 saturated carbocycles. The minimum atomic E-state index is -0.829. The molecule has 3 N–H and O–H groups in total. The van der Waals surface area contributed by atoms with E-state index in [0.717, 1.165) is 22.0 Å². The molecule has 2 aromatic heterocycles. The Morgan fingerprint density at radius 2 is 2.00 bits per heavy atom. The summed E-state index contributed by atoms with van der Waals surface area (Å²) in [6.07, 6.45) is 2.54. The molecule has 1 atom stereocenters. The number of H-pyrrole nitrogens is 2. The number of nitrogens with zero attached hydrogens (tertiary/aromatic N) is 1. The number of nitrogens with one attached hydrogen (secondary N) is 3. The summed E-state index contributed by atoms with van der Waals surface area (Å²) >= 11 is 0. The van der Waals surface area contributed by atoms with Gasteiger partial charge in [-0.05, 0) is 43.0 Å².